The number of anilines is 1. The number of hydrogen-bond donors (Lipinski definition) is 2. The van der Waals surface area contributed by atoms with Crippen molar-refractivity contribution < 1.29 is 9.53 Å². The molecule has 5 heteroatoms. The zero-order valence-corrected chi connectivity index (χ0v) is 11.3. The van der Waals surface area contributed by atoms with Crippen molar-refractivity contribution in [2.45, 2.75) is 6.42 Å². The number of amides is 1. The van der Waals surface area contributed by atoms with E-state index in [1.807, 2.05) is 0 Å². The summed E-state index contributed by atoms with van der Waals surface area (Å²) in [6, 6.07) is 7.02. The molecule has 0 aliphatic carbocycles. The van der Waals surface area contributed by atoms with Crippen molar-refractivity contribution in [2.75, 3.05) is 39.0 Å². The summed E-state index contributed by atoms with van der Waals surface area (Å²) in [6.07, 6.45) is 1.15. The molecule has 19 heavy (non-hydrogen) atoms. The van der Waals surface area contributed by atoms with E-state index in [1.54, 1.807) is 24.3 Å². The lowest BCUT2D eigenvalue weighted by molar-refractivity contribution is -0.123. The number of benzene rings is 1. The average Bonchev–Trinajstić information content (AvgIpc) is 2.81. The monoisotopic (exact) mass is 263 g/mol. The fourth-order valence-corrected chi connectivity index (χ4v) is 2.22. The number of carbonyl (C=O) groups is 1. The zero-order chi connectivity index (χ0) is 13.7. The Hall–Kier alpha value is -1.75. The van der Waals surface area contributed by atoms with Crippen LogP contribution in [0.25, 0.3) is 0 Å². The van der Waals surface area contributed by atoms with Gasteiger partial charge in [0.25, 0.3) is 5.91 Å². The molecule has 104 valence electrons. The maximum atomic E-state index is 11.6. The van der Waals surface area contributed by atoms with E-state index in [9.17, 15) is 4.79 Å². The highest BCUT2D eigenvalue weighted by Crippen LogP contribution is 2.14. The first-order valence-electron chi connectivity index (χ1n) is 6.57. The van der Waals surface area contributed by atoms with Crippen LogP contribution in [-0.2, 0) is 4.79 Å². The van der Waals surface area contributed by atoms with Crippen LogP contribution in [0, 0.1) is 5.92 Å². The predicted octanol–water partition coefficient (Wildman–Crippen LogP) is 0.716. The van der Waals surface area contributed by atoms with E-state index in [1.165, 1.54) is 0 Å². The molecule has 1 aromatic carbocycles. The molecule has 1 aliphatic heterocycles. The topological polar surface area (TPSA) is 67.6 Å². The first-order valence-corrected chi connectivity index (χ1v) is 6.57. The van der Waals surface area contributed by atoms with E-state index in [2.05, 4.69) is 17.3 Å². The van der Waals surface area contributed by atoms with Crippen LogP contribution in [0.3, 0.4) is 0 Å². The number of ether oxygens (including phenoxy) is 1. The normalized spacial score (nSPS) is 19.3. The van der Waals surface area contributed by atoms with E-state index in [0.29, 0.717) is 17.4 Å². The van der Waals surface area contributed by atoms with Crippen LogP contribution < -0.4 is 15.8 Å². The Morgan fingerprint density at radius 3 is 2.84 bits per heavy atom. The van der Waals surface area contributed by atoms with Gasteiger partial charge in [0.1, 0.15) is 5.75 Å². The molecule has 2 rings (SSSR count). The molecule has 1 amide bonds. The molecule has 1 fully saturated rings. The third-order valence-corrected chi connectivity index (χ3v) is 3.33. The average molecular weight is 263 g/mol. The molecule has 3 N–H and O–H groups in total. The second kappa shape index (κ2) is 6.43. The van der Waals surface area contributed by atoms with E-state index in [0.717, 1.165) is 26.1 Å². The van der Waals surface area contributed by atoms with Gasteiger partial charge in [-0.25, -0.2) is 0 Å². The molecule has 0 spiro atoms. The highest BCUT2D eigenvalue weighted by atomic mass is 16.5. The summed E-state index contributed by atoms with van der Waals surface area (Å²) < 4.78 is 5.38. The minimum absolute atomic E-state index is 0.0481. The van der Waals surface area contributed by atoms with Crippen molar-refractivity contribution in [3.05, 3.63) is 24.3 Å². The smallest absolute Gasteiger partial charge is 0.257 e. The SMILES string of the molecule is CN1CCC(CNC(=O)COc2ccc(N)cc2)C1. The van der Waals surface area contributed by atoms with E-state index in [4.69, 9.17) is 10.5 Å². The highest BCUT2D eigenvalue weighted by molar-refractivity contribution is 5.77. The number of nitrogens with zero attached hydrogens (tertiary/aromatic N) is 1. The number of nitrogen functional groups attached to an aromatic ring is 1. The minimum atomic E-state index is -0.0774. The van der Waals surface area contributed by atoms with Crippen LogP contribution in [0.15, 0.2) is 24.3 Å². The van der Waals surface area contributed by atoms with Gasteiger partial charge in [-0.15, -0.1) is 0 Å². The molecule has 0 radical (unpaired) electrons. The molecule has 1 aromatic rings. The molecule has 1 saturated heterocycles. The Bertz CT molecular complexity index is 419. The maximum absolute atomic E-state index is 11.6. The van der Waals surface area contributed by atoms with Crippen LogP contribution in [0.4, 0.5) is 5.69 Å². The summed E-state index contributed by atoms with van der Waals surface area (Å²) in [5, 5.41) is 2.91. The van der Waals surface area contributed by atoms with Crippen molar-refractivity contribution in [3.8, 4) is 5.75 Å². The Morgan fingerprint density at radius 1 is 1.47 bits per heavy atom. The highest BCUT2D eigenvalue weighted by Gasteiger charge is 2.19. The lowest BCUT2D eigenvalue weighted by Crippen LogP contribution is -2.33. The number of nitrogens with two attached hydrogens (primary N) is 1. The van der Waals surface area contributed by atoms with Crippen LogP contribution >= 0.6 is 0 Å². The third kappa shape index (κ3) is 4.44. The molecule has 1 unspecified atom stereocenters. The van der Waals surface area contributed by atoms with Crippen LogP contribution in [0.2, 0.25) is 0 Å². The Morgan fingerprint density at radius 2 is 2.21 bits per heavy atom. The summed E-state index contributed by atoms with van der Waals surface area (Å²) in [5.41, 5.74) is 6.26. The van der Waals surface area contributed by atoms with Gasteiger partial charge in [-0.1, -0.05) is 0 Å². The first-order chi connectivity index (χ1) is 9.13. The fraction of sp³-hybridized carbons (Fsp3) is 0.500. The minimum Gasteiger partial charge on any atom is -0.484 e. The fourth-order valence-electron chi connectivity index (χ4n) is 2.22. The predicted molar refractivity (Wildman–Crippen MR) is 75.0 cm³/mol. The van der Waals surface area contributed by atoms with Crippen molar-refractivity contribution in [2.24, 2.45) is 5.92 Å². The van der Waals surface area contributed by atoms with Crippen molar-refractivity contribution >= 4 is 11.6 Å². The van der Waals surface area contributed by atoms with Crippen molar-refractivity contribution in [1.29, 1.82) is 0 Å². The lowest BCUT2D eigenvalue weighted by atomic mass is 10.1. The van der Waals surface area contributed by atoms with Gasteiger partial charge < -0.3 is 20.7 Å². The number of carbonyl (C=O) groups excluding carboxylic acids is 1. The van der Waals surface area contributed by atoms with Gasteiger partial charge >= 0.3 is 0 Å². The lowest BCUT2D eigenvalue weighted by Gasteiger charge is -2.12. The summed E-state index contributed by atoms with van der Waals surface area (Å²) >= 11 is 0. The second-order valence-electron chi connectivity index (χ2n) is 5.08. The standard InChI is InChI=1S/C14H21N3O2/c1-17-7-6-11(9-17)8-16-14(18)10-19-13-4-2-12(15)3-5-13/h2-5,11H,6-10,15H2,1H3,(H,16,18). The molecule has 1 heterocycles. The van der Waals surface area contributed by atoms with Gasteiger partial charge in [0.15, 0.2) is 6.61 Å². The van der Waals surface area contributed by atoms with E-state index < -0.39 is 0 Å². The van der Waals surface area contributed by atoms with Crippen LogP contribution in [0.1, 0.15) is 6.42 Å². The molecular formula is C14H21N3O2. The van der Waals surface area contributed by atoms with Crippen molar-refractivity contribution in [1.82, 2.24) is 10.2 Å². The Balaban J connectivity index is 1.65. The second-order valence-corrected chi connectivity index (χ2v) is 5.08. The van der Waals surface area contributed by atoms with Crippen molar-refractivity contribution in [3.63, 3.8) is 0 Å². The number of hydrogen-bond acceptors (Lipinski definition) is 4. The van der Waals surface area contributed by atoms with Gasteiger partial charge in [-0.05, 0) is 50.2 Å². The summed E-state index contributed by atoms with van der Waals surface area (Å²) in [7, 11) is 2.10. The van der Waals surface area contributed by atoms with Gasteiger partial charge in [-0.2, -0.15) is 0 Å². The van der Waals surface area contributed by atoms with Gasteiger partial charge in [0.05, 0.1) is 0 Å². The van der Waals surface area contributed by atoms with Gasteiger partial charge in [-0.3, -0.25) is 4.79 Å². The molecule has 1 aliphatic rings. The largest absolute Gasteiger partial charge is 0.484 e. The quantitative estimate of drug-likeness (QED) is 0.768. The third-order valence-electron chi connectivity index (χ3n) is 3.33. The first kappa shape index (κ1) is 13.7. The maximum Gasteiger partial charge on any atom is 0.257 e. The van der Waals surface area contributed by atoms with E-state index >= 15 is 0 Å². The molecule has 0 aromatic heterocycles. The summed E-state index contributed by atoms with van der Waals surface area (Å²) in [4.78, 5) is 13.9. The summed E-state index contributed by atoms with van der Waals surface area (Å²) in [6.45, 7) is 2.95. The Labute approximate surface area is 113 Å². The number of rotatable bonds is 5. The van der Waals surface area contributed by atoms with Crippen LogP contribution in [0.5, 0.6) is 5.75 Å². The number of likely N-dealkylation sites (tertiary alicyclic amines) is 1. The van der Waals surface area contributed by atoms with E-state index in [-0.39, 0.29) is 12.5 Å². The van der Waals surface area contributed by atoms with Gasteiger partial charge in [0, 0.05) is 18.8 Å². The Kier molecular flexibility index (Phi) is 4.63. The molecule has 0 bridgehead atoms. The molecular weight excluding hydrogens is 242 g/mol. The number of nitrogens with one attached hydrogen (secondary N) is 1. The van der Waals surface area contributed by atoms with Crippen LogP contribution in [-0.4, -0.2) is 44.1 Å². The molecule has 0 saturated carbocycles. The molecule has 5 nitrogen and oxygen atoms in total. The van der Waals surface area contributed by atoms with Gasteiger partial charge in [0.2, 0.25) is 0 Å². The summed E-state index contributed by atoms with van der Waals surface area (Å²) in [5.74, 6) is 1.14. The molecule has 1 atom stereocenters. The zero-order valence-electron chi connectivity index (χ0n) is 11.3.